The van der Waals surface area contributed by atoms with Crippen LogP contribution in [-0.2, 0) is 22.0 Å². The summed E-state index contributed by atoms with van der Waals surface area (Å²) in [6, 6.07) is 4.97. The molecule has 1 aromatic carbocycles. The molecule has 0 radical (unpaired) electrons. The van der Waals surface area contributed by atoms with E-state index in [2.05, 4.69) is 10.1 Å². The number of carbonyl (C=O) groups is 1. The normalized spacial score (nSPS) is 11.4. The van der Waals surface area contributed by atoms with Gasteiger partial charge in [-0.2, -0.15) is 4.98 Å². The zero-order valence-corrected chi connectivity index (χ0v) is 11.4. The highest BCUT2D eigenvalue weighted by molar-refractivity contribution is 7.90. The number of carboxylic acid groups (broad SMARTS) is 1. The monoisotopic (exact) mass is 296 g/mol. The maximum atomic E-state index is 12.1. The van der Waals surface area contributed by atoms with Gasteiger partial charge in [0, 0.05) is 6.42 Å². The highest BCUT2D eigenvalue weighted by Crippen LogP contribution is 2.16. The quantitative estimate of drug-likeness (QED) is 0.885. The third kappa shape index (κ3) is 3.02. The number of hydrogen-bond acceptors (Lipinski definition) is 6. The Morgan fingerprint density at radius 3 is 2.45 bits per heavy atom. The molecule has 1 aromatic heterocycles. The summed E-state index contributed by atoms with van der Waals surface area (Å²) < 4.78 is 29.1. The largest absolute Gasteiger partial charge is 0.478 e. The molecule has 2 aromatic rings. The van der Waals surface area contributed by atoms with Crippen molar-refractivity contribution in [2.75, 3.05) is 0 Å². The van der Waals surface area contributed by atoms with Gasteiger partial charge in [0.25, 0.3) is 0 Å². The van der Waals surface area contributed by atoms with E-state index < -0.39 is 21.6 Å². The van der Waals surface area contributed by atoms with Gasteiger partial charge in [-0.1, -0.05) is 12.1 Å². The van der Waals surface area contributed by atoms with Crippen molar-refractivity contribution in [3.8, 4) is 0 Å². The number of benzene rings is 1. The number of aryl methyl sites for hydroxylation is 1. The van der Waals surface area contributed by atoms with Crippen LogP contribution in [0.1, 0.15) is 29.0 Å². The molecule has 0 fully saturated rings. The molecular formula is C12H12N2O5S. The van der Waals surface area contributed by atoms with Crippen LogP contribution in [-0.4, -0.2) is 29.6 Å². The van der Waals surface area contributed by atoms with Gasteiger partial charge in [-0.25, -0.2) is 13.2 Å². The van der Waals surface area contributed by atoms with Gasteiger partial charge < -0.3 is 9.63 Å². The second-order valence-electron chi connectivity index (χ2n) is 4.05. The maximum absolute atomic E-state index is 12.1. The molecule has 7 nitrogen and oxygen atoms in total. The molecule has 0 spiro atoms. The van der Waals surface area contributed by atoms with Crippen molar-refractivity contribution in [1.82, 2.24) is 10.1 Å². The van der Waals surface area contributed by atoms with Crippen LogP contribution < -0.4 is 0 Å². The summed E-state index contributed by atoms with van der Waals surface area (Å²) >= 11 is 0. The lowest BCUT2D eigenvalue weighted by atomic mass is 10.2. The van der Waals surface area contributed by atoms with Crippen molar-refractivity contribution in [3.05, 3.63) is 41.5 Å². The first-order chi connectivity index (χ1) is 9.42. The van der Waals surface area contributed by atoms with E-state index in [0.717, 1.165) is 0 Å². The Balaban J connectivity index is 2.23. The fourth-order valence-corrected chi connectivity index (χ4v) is 2.70. The first-order valence-corrected chi connectivity index (χ1v) is 7.45. The van der Waals surface area contributed by atoms with Gasteiger partial charge in [0.15, 0.2) is 15.7 Å². The van der Waals surface area contributed by atoms with Crippen molar-refractivity contribution >= 4 is 15.8 Å². The minimum Gasteiger partial charge on any atom is -0.478 e. The molecular weight excluding hydrogens is 284 g/mol. The summed E-state index contributed by atoms with van der Waals surface area (Å²) in [5.41, 5.74) is 0.0232. The van der Waals surface area contributed by atoms with Crippen LogP contribution in [0.3, 0.4) is 0 Å². The average molecular weight is 296 g/mol. The van der Waals surface area contributed by atoms with E-state index in [1.54, 1.807) is 0 Å². The van der Waals surface area contributed by atoms with E-state index in [-0.39, 0.29) is 16.3 Å². The maximum Gasteiger partial charge on any atom is 0.335 e. The van der Waals surface area contributed by atoms with E-state index in [9.17, 15) is 13.2 Å². The molecule has 0 aliphatic carbocycles. The number of hydrogen-bond donors (Lipinski definition) is 1. The molecule has 0 saturated carbocycles. The van der Waals surface area contributed by atoms with Crippen LogP contribution in [0.5, 0.6) is 0 Å². The van der Waals surface area contributed by atoms with Crippen molar-refractivity contribution in [2.24, 2.45) is 0 Å². The summed E-state index contributed by atoms with van der Waals surface area (Å²) in [7, 11) is -3.64. The van der Waals surface area contributed by atoms with Gasteiger partial charge in [0.2, 0.25) is 5.89 Å². The fraction of sp³-hybridized carbons (Fsp3) is 0.250. The summed E-state index contributed by atoms with van der Waals surface area (Å²) in [5.74, 6) is -1.06. The molecule has 0 unspecified atom stereocenters. The molecule has 8 heteroatoms. The molecule has 0 atom stereocenters. The van der Waals surface area contributed by atoms with Crippen molar-refractivity contribution in [2.45, 2.75) is 24.0 Å². The molecule has 0 aliphatic heterocycles. The number of nitrogens with zero attached hydrogens (tertiary/aromatic N) is 2. The van der Waals surface area contributed by atoms with Crippen LogP contribution in [0.25, 0.3) is 0 Å². The van der Waals surface area contributed by atoms with Crippen LogP contribution in [0.4, 0.5) is 0 Å². The fourth-order valence-electron chi connectivity index (χ4n) is 1.54. The van der Waals surface area contributed by atoms with Gasteiger partial charge in [-0.15, -0.1) is 0 Å². The van der Waals surface area contributed by atoms with E-state index in [1.165, 1.54) is 24.3 Å². The van der Waals surface area contributed by atoms with Gasteiger partial charge in [0.1, 0.15) is 5.75 Å². The SMILES string of the molecule is CCc1noc(CS(=O)(=O)c2ccc(C(=O)O)cc2)n1. The molecule has 1 N–H and O–H groups in total. The summed E-state index contributed by atoms with van der Waals surface area (Å²) in [6.45, 7) is 1.83. The lowest BCUT2D eigenvalue weighted by Gasteiger charge is -2.02. The predicted octanol–water partition coefficient (Wildman–Crippen LogP) is 1.30. The Labute approximate surface area is 115 Å². The number of rotatable bonds is 5. The molecule has 0 aliphatic rings. The second kappa shape index (κ2) is 5.41. The third-order valence-electron chi connectivity index (χ3n) is 2.60. The third-order valence-corrected chi connectivity index (χ3v) is 4.22. The number of aromatic carboxylic acids is 1. The van der Waals surface area contributed by atoms with E-state index in [1.807, 2.05) is 6.92 Å². The standard InChI is InChI=1S/C12H12N2O5S/c1-2-10-13-11(19-14-10)7-20(17,18)9-5-3-8(4-6-9)12(15)16/h3-6H,2,7H2,1H3,(H,15,16). The zero-order valence-electron chi connectivity index (χ0n) is 10.6. The van der Waals surface area contributed by atoms with Crippen LogP contribution in [0.2, 0.25) is 0 Å². The van der Waals surface area contributed by atoms with Gasteiger partial charge in [-0.05, 0) is 24.3 Å². The molecule has 0 amide bonds. The highest BCUT2D eigenvalue weighted by atomic mass is 32.2. The van der Waals surface area contributed by atoms with E-state index >= 15 is 0 Å². The molecule has 0 bridgehead atoms. The van der Waals surface area contributed by atoms with Gasteiger partial charge in [0.05, 0.1) is 10.5 Å². The number of carboxylic acids is 1. The molecule has 0 saturated heterocycles. The van der Waals surface area contributed by atoms with Crippen molar-refractivity contribution in [1.29, 1.82) is 0 Å². The second-order valence-corrected chi connectivity index (χ2v) is 6.04. The summed E-state index contributed by atoms with van der Waals surface area (Å²) in [6.07, 6.45) is 0.552. The number of sulfone groups is 1. The van der Waals surface area contributed by atoms with Crippen molar-refractivity contribution in [3.63, 3.8) is 0 Å². The Morgan fingerprint density at radius 1 is 1.30 bits per heavy atom. The predicted molar refractivity (Wildman–Crippen MR) is 68.0 cm³/mol. The minimum atomic E-state index is -3.64. The zero-order chi connectivity index (χ0) is 14.8. The average Bonchev–Trinajstić information content (AvgIpc) is 2.85. The number of aromatic nitrogens is 2. The van der Waals surface area contributed by atoms with E-state index in [0.29, 0.717) is 12.2 Å². The highest BCUT2D eigenvalue weighted by Gasteiger charge is 2.20. The molecule has 2 rings (SSSR count). The van der Waals surface area contributed by atoms with Crippen LogP contribution in [0, 0.1) is 0 Å². The molecule has 20 heavy (non-hydrogen) atoms. The first kappa shape index (κ1) is 14.2. The van der Waals surface area contributed by atoms with Gasteiger partial charge in [-0.3, -0.25) is 0 Å². The van der Waals surface area contributed by atoms with Crippen LogP contribution in [0.15, 0.2) is 33.7 Å². The van der Waals surface area contributed by atoms with Crippen LogP contribution >= 0.6 is 0 Å². The van der Waals surface area contributed by atoms with Crippen molar-refractivity contribution < 1.29 is 22.8 Å². The van der Waals surface area contributed by atoms with E-state index in [4.69, 9.17) is 9.63 Å². The topological polar surface area (TPSA) is 110 Å². The molecule has 1 heterocycles. The lowest BCUT2D eigenvalue weighted by Crippen LogP contribution is -2.06. The van der Waals surface area contributed by atoms with Gasteiger partial charge >= 0.3 is 5.97 Å². The molecule has 106 valence electrons. The lowest BCUT2D eigenvalue weighted by molar-refractivity contribution is 0.0696. The summed E-state index contributed by atoms with van der Waals surface area (Å²) in [4.78, 5) is 14.7. The summed E-state index contributed by atoms with van der Waals surface area (Å²) in [5, 5.41) is 12.4. The minimum absolute atomic E-state index is 0.0127. The Morgan fingerprint density at radius 2 is 1.95 bits per heavy atom. The Kier molecular flexibility index (Phi) is 3.84. The smallest absolute Gasteiger partial charge is 0.335 e. The Hall–Kier alpha value is -2.22. The first-order valence-electron chi connectivity index (χ1n) is 5.80. The Bertz CT molecular complexity index is 719.